The quantitative estimate of drug-likeness (QED) is 0.854. The molecule has 1 aromatic carbocycles. The van der Waals surface area contributed by atoms with Gasteiger partial charge in [-0.05, 0) is 35.7 Å². The molecule has 2 aromatic rings. The van der Waals surface area contributed by atoms with E-state index in [-0.39, 0.29) is 0 Å². The van der Waals surface area contributed by atoms with Gasteiger partial charge in [0.25, 0.3) is 0 Å². The summed E-state index contributed by atoms with van der Waals surface area (Å²) >= 11 is 3.49. The molecule has 0 aliphatic heterocycles. The Bertz CT molecular complexity index is 476. The molecule has 0 amide bonds. The van der Waals surface area contributed by atoms with Crippen LogP contribution in [0.25, 0.3) is 0 Å². The molecule has 0 spiro atoms. The second-order valence-electron chi connectivity index (χ2n) is 5.15. The molecule has 2 nitrogen and oxygen atoms in total. The fraction of sp³-hybridized carbons (Fsp3) is 0.375. The molecule has 0 saturated heterocycles. The molecule has 0 aliphatic carbocycles. The first-order valence-corrected chi connectivity index (χ1v) is 7.44. The molecule has 1 heterocycles. The Morgan fingerprint density at radius 2 is 1.89 bits per heavy atom. The van der Waals surface area contributed by atoms with E-state index in [4.69, 9.17) is 4.42 Å². The van der Waals surface area contributed by atoms with Crippen molar-refractivity contribution in [3.8, 4) is 0 Å². The zero-order chi connectivity index (χ0) is 13.7. The van der Waals surface area contributed by atoms with Crippen LogP contribution in [0.4, 0.5) is 0 Å². The van der Waals surface area contributed by atoms with Crippen molar-refractivity contribution in [1.82, 2.24) is 5.32 Å². The van der Waals surface area contributed by atoms with Crippen molar-refractivity contribution in [2.75, 3.05) is 6.54 Å². The van der Waals surface area contributed by atoms with E-state index in [1.54, 1.807) is 6.26 Å². The minimum Gasteiger partial charge on any atom is -0.472 e. The molecular weight excluding hydrogens is 302 g/mol. The monoisotopic (exact) mass is 321 g/mol. The fourth-order valence-electron chi connectivity index (χ4n) is 2.11. The molecule has 0 saturated carbocycles. The number of rotatable bonds is 6. The summed E-state index contributed by atoms with van der Waals surface area (Å²) < 4.78 is 6.29. The Kier molecular flexibility index (Phi) is 5.23. The van der Waals surface area contributed by atoms with Gasteiger partial charge in [0.15, 0.2) is 0 Å². The predicted molar refractivity (Wildman–Crippen MR) is 82.4 cm³/mol. The largest absolute Gasteiger partial charge is 0.472 e. The van der Waals surface area contributed by atoms with Crippen LogP contribution in [0.15, 0.2) is 51.7 Å². The standard InChI is InChI=1S/C16H20BrNO/c1-12(2)18-10-15(9-13-7-8-19-11-13)14-3-5-16(17)6-4-14/h3-8,11-12,15,18H,9-10H2,1-2H3. The van der Waals surface area contributed by atoms with E-state index < -0.39 is 0 Å². The highest BCUT2D eigenvalue weighted by Gasteiger charge is 2.13. The Balaban J connectivity index is 2.11. The lowest BCUT2D eigenvalue weighted by atomic mass is 9.93. The molecule has 0 radical (unpaired) electrons. The van der Waals surface area contributed by atoms with Crippen LogP contribution < -0.4 is 5.32 Å². The van der Waals surface area contributed by atoms with Crippen LogP contribution in [-0.2, 0) is 6.42 Å². The van der Waals surface area contributed by atoms with E-state index in [1.807, 2.05) is 12.3 Å². The highest BCUT2D eigenvalue weighted by Crippen LogP contribution is 2.22. The SMILES string of the molecule is CC(C)NCC(Cc1ccoc1)c1ccc(Br)cc1. The van der Waals surface area contributed by atoms with Crippen LogP contribution in [0.1, 0.15) is 30.9 Å². The van der Waals surface area contributed by atoms with E-state index in [9.17, 15) is 0 Å². The average molecular weight is 322 g/mol. The third-order valence-electron chi connectivity index (χ3n) is 3.18. The molecular formula is C16H20BrNO. The van der Waals surface area contributed by atoms with Gasteiger partial charge in [-0.25, -0.2) is 0 Å². The normalized spacial score (nSPS) is 12.8. The van der Waals surface area contributed by atoms with Crippen LogP contribution in [0.3, 0.4) is 0 Å². The minimum atomic E-state index is 0.466. The minimum absolute atomic E-state index is 0.466. The highest BCUT2D eigenvalue weighted by molar-refractivity contribution is 9.10. The van der Waals surface area contributed by atoms with Crippen LogP contribution in [0.5, 0.6) is 0 Å². The second kappa shape index (κ2) is 6.92. The zero-order valence-corrected chi connectivity index (χ0v) is 13.0. The maximum atomic E-state index is 5.17. The summed E-state index contributed by atoms with van der Waals surface area (Å²) in [6.07, 6.45) is 4.57. The van der Waals surface area contributed by atoms with Crippen molar-refractivity contribution in [3.63, 3.8) is 0 Å². The molecule has 19 heavy (non-hydrogen) atoms. The van der Waals surface area contributed by atoms with E-state index in [2.05, 4.69) is 59.4 Å². The van der Waals surface area contributed by atoms with Crippen molar-refractivity contribution in [3.05, 3.63) is 58.5 Å². The van der Waals surface area contributed by atoms with E-state index >= 15 is 0 Å². The van der Waals surface area contributed by atoms with Crippen molar-refractivity contribution in [1.29, 1.82) is 0 Å². The third-order valence-corrected chi connectivity index (χ3v) is 3.70. The molecule has 1 N–H and O–H groups in total. The van der Waals surface area contributed by atoms with Crippen LogP contribution in [-0.4, -0.2) is 12.6 Å². The number of nitrogens with one attached hydrogen (secondary N) is 1. The van der Waals surface area contributed by atoms with Gasteiger partial charge in [0.1, 0.15) is 0 Å². The Hall–Kier alpha value is -1.06. The summed E-state index contributed by atoms with van der Waals surface area (Å²) in [6, 6.07) is 11.1. The van der Waals surface area contributed by atoms with Gasteiger partial charge in [-0.1, -0.05) is 41.9 Å². The zero-order valence-electron chi connectivity index (χ0n) is 11.4. The summed E-state index contributed by atoms with van der Waals surface area (Å²) in [5.74, 6) is 0.466. The lowest BCUT2D eigenvalue weighted by Gasteiger charge is -2.19. The molecule has 102 valence electrons. The van der Waals surface area contributed by atoms with Gasteiger partial charge in [0.2, 0.25) is 0 Å². The maximum absolute atomic E-state index is 5.17. The Morgan fingerprint density at radius 1 is 1.16 bits per heavy atom. The molecule has 1 aromatic heterocycles. The molecule has 0 fully saturated rings. The maximum Gasteiger partial charge on any atom is 0.0934 e. The summed E-state index contributed by atoms with van der Waals surface area (Å²) in [4.78, 5) is 0. The van der Waals surface area contributed by atoms with Crippen molar-refractivity contribution < 1.29 is 4.42 Å². The van der Waals surface area contributed by atoms with E-state index in [0.29, 0.717) is 12.0 Å². The van der Waals surface area contributed by atoms with E-state index in [0.717, 1.165) is 17.4 Å². The lowest BCUT2D eigenvalue weighted by molar-refractivity contribution is 0.521. The van der Waals surface area contributed by atoms with Gasteiger partial charge in [-0.15, -0.1) is 0 Å². The molecule has 1 atom stereocenters. The van der Waals surface area contributed by atoms with Crippen molar-refractivity contribution in [2.24, 2.45) is 0 Å². The van der Waals surface area contributed by atoms with Gasteiger partial charge >= 0.3 is 0 Å². The van der Waals surface area contributed by atoms with Gasteiger partial charge in [-0.3, -0.25) is 0 Å². The first kappa shape index (κ1) is 14.4. The van der Waals surface area contributed by atoms with Gasteiger partial charge in [-0.2, -0.15) is 0 Å². The molecule has 0 bridgehead atoms. The third kappa shape index (κ3) is 4.51. The Labute approximate surface area is 123 Å². The van der Waals surface area contributed by atoms with Gasteiger partial charge in [0, 0.05) is 23.0 Å². The number of furan rings is 1. The predicted octanol–water partition coefficient (Wildman–Crippen LogP) is 4.37. The topological polar surface area (TPSA) is 25.2 Å². The second-order valence-corrected chi connectivity index (χ2v) is 6.06. The number of benzene rings is 1. The number of halogens is 1. The molecule has 1 unspecified atom stereocenters. The fourth-order valence-corrected chi connectivity index (χ4v) is 2.38. The summed E-state index contributed by atoms with van der Waals surface area (Å²) in [6.45, 7) is 5.33. The van der Waals surface area contributed by atoms with Crippen LogP contribution >= 0.6 is 15.9 Å². The first-order chi connectivity index (χ1) is 9.15. The highest BCUT2D eigenvalue weighted by atomic mass is 79.9. The van der Waals surface area contributed by atoms with E-state index in [1.165, 1.54) is 11.1 Å². The van der Waals surface area contributed by atoms with Crippen molar-refractivity contribution >= 4 is 15.9 Å². The van der Waals surface area contributed by atoms with Gasteiger partial charge in [0.05, 0.1) is 12.5 Å². The molecule has 0 aliphatic rings. The van der Waals surface area contributed by atoms with Crippen LogP contribution in [0.2, 0.25) is 0 Å². The summed E-state index contributed by atoms with van der Waals surface area (Å²) in [5.41, 5.74) is 2.61. The van der Waals surface area contributed by atoms with Crippen molar-refractivity contribution in [2.45, 2.75) is 32.2 Å². The molecule has 3 heteroatoms. The molecule has 2 rings (SSSR count). The summed E-state index contributed by atoms with van der Waals surface area (Å²) in [5, 5.41) is 3.53. The van der Waals surface area contributed by atoms with Gasteiger partial charge < -0.3 is 9.73 Å². The number of hydrogen-bond donors (Lipinski definition) is 1. The average Bonchev–Trinajstić information content (AvgIpc) is 2.88. The summed E-state index contributed by atoms with van der Waals surface area (Å²) in [7, 11) is 0. The smallest absolute Gasteiger partial charge is 0.0934 e. The van der Waals surface area contributed by atoms with Crippen LogP contribution in [0, 0.1) is 0 Å². The number of hydrogen-bond acceptors (Lipinski definition) is 2. The lowest BCUT2D eigenvalue weighted by Crippen LogP contribution is -2.28. The first-order valence-electron chi connectivity index (χ1n) is 6.65. The Morgan fingerprint density at radius 3 is 2.47 bits per heavy atom.